The van der Waals surface area contributed by atoms with Crippen molar-refractivity contribution in [3.05, 3.63) is 59.2 Å². The maximum absolute atomic E-state index is 11.0. The first-order chi connectivity index (χ1) is 12.5. The van der Waals surface area contributed by atoms with Gasteiger partial charge < -0.3 is 19.3 Å². The minimum absolute atomic E-state index is 0.247. The topological polar surface area (TPSA) is 88.8 Å². The van der Waals surface area contributed by atoms with Crippen LogP contribution >= 0.6 is 0 Å². The first-order valence-electron chi connectivity index (χ1n) is 7.89. The Balaban J connectivity index is 2.10. The minimum atomic E-state index is -1.29. The highest BCUT2D eigenvalue weighted by atomic mass is 16.5. The van der Waals surface area contributed by atoms with Crippen molar-refractivity contribution in [3.63, 3.8) is 0 Å². The van der Waals surface area contributed by atoms with E-state index >= 15 is 0 Å². The van der Waals surface area contributed by atoms with Crippen molar-refractivity contribution in [2.45, 2.75) is 6.92 Å². The van der Waals surface area contributed by atoms with E-state index < -0.39 is 5.97 Å². The third kappa shape index (κ3) is 5.02. The molecule has 0 bridgehead atoms. The number of ether oxygens (including phenoxy) is 3. The minimum Gasteiger partial charge on any atom is -0.497 e. The lowest BCUT2D eigenvalue weighted by molar-refractivity contribution is -0.132. The first-order valence-corrected chi connectivity index (χ1v) is 7.89. The number of carboxylic acids is 1. The fraction of sp³-hybridized carbons (Fsp3) is 0.200. The number of nitriles is 1. The number of hydrogen-bond acceptors (Lipinski definition) is 5. The summed E-state index contributed by atoms with van der Waals surface area (Å²) in [6.45, 7) is 2.52. The van der Waals surface area contributed by atoms with Crippen LogP contribution < -0.4 is 14.2 Å². The summed E-state index contributed by atoms with van der Waals surface area (Å²) in [4.78, 5) is 11.0. The van der Waals surface area contributed by atoms with Crippen LogP contribution in [-0.2, 0) is 4.79 Å². The van der Waals surface area contributed by atoms with Crippen molar-refractivity contribution in [3.8, 4) is 23.3 Å². The van der Waals surface area contributed by atoms with Gasteiger partial charge in [-0.15, -0.1) is 0 Å². The van der Waals surface area contributed by atoms with Gasteiger partial charge >= 0.3 is 5.97 Å². The number of carbonyl (C=O) groups is 1. The number of para-hydroxylation sites is 1. The Morgan fingerprint density at radius 1 is 1.15 bits per heavy atom. The molecule has 0 fully saturated rings. The van der Waals surface area contributed by atoms with Gasteiger partial charge in [-0.2, -0.15) is 5.26 Å². The van der Waals surface area contributed by atoms with E-state index in [1.165, 1.54) is 13.2 Å². The largest absolute Gasteiger partial charge is 0.497 e. The van der Waals surface area contributed by atoms with Crippen LogP contribution in [0.1, 0.15) is 11.1 Å². The molecule has 0 saturated carbocycles. The van der Waals surface area contributed by atoms with Gasteiger partial charge in [0.1, 0.15) is 42.1 Å². The Hall–Kier alpha value is -3.46. The van der Waals surface area contributed by atoms with E-state index in [2.05, 4.69) is 0 Å². The third-order valence-electron chi connectivity index (χ3n) is 3.56. The zero-order valence-corrected chi connectivity index (χ0v) is 14.6. The summed E-state index contributed by atoms with van der Waals surface area (Å²) in [5, 5.41) is 17.9. The normalized spacial score (nSPS) is 10.7. The molecule has 134 valence electrons. The quantitative estimate of drug-likeness (QED) is 0.444. The average Bonchev–Trinajstić information content (AvgIpc) is 2.64. The van der Waals surface area contributed by atoms with Crippen LogP contribution in [0.2, 0.25) is 0 Å². The zero-order valence-electron chi connectivity index (χ0n) is 14.6. The smallest absolute Gasteiger partial charge is 0.346 e. The summed E-state index contributed by atoms with van der Waals surface area (Å²) in [6.07, 6.45) is 1.26. The van der Waals surface area contributed by atoms with Gasteiger partial charge in [-0.3, -0.25) is 0 Å². The Morgan fingerprint density at radius 3 is 2.46 bits per heavy atom. The maximum Gasteiger partial charge on any atom is 0.346 e. The van der Waals surface area contributed by atoms with Crippen molar-refractivity contribution in [1.29, 1.82) is 5.26 Å². The monoisotopic (exact) mass is 353 g/mol. The first kappa shape index (κ1) is 18.9. The molecule has 0 aliphatic heterocycles. The number of carboxylic acid groups (broad SMARTS) is 1. The second-order valence-corrected chi connectivity index (χ2v) is 5.34. The maximum atomic E-state index is 11.0. The standard InChI is InChI=1S/C20H19NO5/c1-14-5-3-4-6-18(14)25-9-10-26-19-12-17(24-2)8-7-15(19)11-16(13-21)20(22)23/h3-8,11-12H,9-10H2,1-2H3,(H,22,23). The molecule has 0 unspecified atom stereocenters. The zero-order chi connectivity index (χ0) is 18.9. The average molecular weight is 353 g/mol. The highest BCUT2D eigenvalue weighted by Gasteiger charge is 2.10. The highest BCUT2D eigenvalue weighted by Crippen LogP contribution is 2.27. The Morgan fingerprint density at radius 2 is 1.85 bits per heavy atom. The molecule has 0 heterocycles. The summed E-state index contributed by atoms with van der Waals surface area (Å²) in [7, 11) is 1.52. The van der Waals surface area contributed by atoms with Crippen molar-refractivity contribution in [2.75, 3.05) is 20.3 Å². The van der Waals surface area contributed by atoms with Crippen molar-refractivity contribution < 1.29 is 24.1 Å². The molecule has 0 aromatic heterocycles. The highest BCUT2D eigenvalue weighted by molar-refractivity contribution is 5.96. The molecule has 2 aromatic carbocycles. The van der Waals surface area contributed by atoms with Gasteiger partial charge in [0, 0.05) is 11.6 Å². The van der Waals surface area contributed by atoms with Crippen molar-refractivity contribution in [1.82, 2.24) is 0 Å². The van der Waals surface area contributed by atoms with Gasteiger partial charge in [0.05, 0.1) is 7.11 Å². The van der Waals surface area contributed by atoms with Crippen molar-refractivity contribution >= 4 is 12.0 Å². The molecule has 0 radical (unpaired) electrons. The van der Waals surface area contributed by atoms with Gasteiger partial charge in [0.2, 0.25) is 0 Å². The van der Waals surface area contributed by atoms with Gasteiger partial charge in [-0.05, 0) is 36.8 Å². The number of nitrogens with zero attached hydrogens (tertiary/aromatic N) is 1. The summed E-state index contributed by atoms with van der Waals surface area (Å²) < 4.78 is 16.6. The second kappa shape index (κ2) is 9.14. The number of benzene rings is 2. The fourth-order valence-corrected chi connectivity index (χ4v) is 2.20. The summed E-state index contributed by atoms with van der Waals surface area (Å²) in [5.41, 5.74) is 1.12. The lowest BCUT2D eigenvalue weighted by Crippen LogP contribution is -2.10. The number of rotatable bonds is 8. The number of aryl methyl sites for hydroxylation is 1. The number of hydrogen-bond donors (Lipinski definition) is 1. The molecular weight excluding hydrogens is 334 g/mol. The van der Waals surface area contributed by atoms with Gasteiger partial charge in [-0.25, -0.2) is 4.79 Å². The molecule has 2 rings (SSSR count). The van der Waals surface area contributed by atoms with Crippen LogP contribution in [0.15, 0.2) is 48.0 Å². The molecule has 6 heteroatoms. The predicted molar refractivity (Wildman–Crippen MR) is 96.4 cm³/mol. The molecule has 1 N–H and O–H groups in total. The summed E-state index contributed by atoms with van der Waals surface area (Å²) >= 11 is 0. The number of methoxy groups -OCH3 is 1. The van der Waals surface area contributed by atoms with E-state index in [1.807, 2.05) is 31.2 Å². The Kier molecular flexibility index (Phi) is 6.63. The van der Waals surface area contributed by atoms with E-state index in [4.69, 9.17) is 24.6 Å². The summed E-state index contributed by atoms with van der Waals surface area (Å²) in [5.74, 6) is 0.453. The lowest BCUT2D eigenvalue weighted by atomic mass is 10.1. The van der Waals surface area contributed by atoms with Crippen LogP contribution in [0.5, 0.6) is 17.2 Å². The van der Waals surface area contributed by atoms with E-state index in [-0.39, 0.29) is 12.2 Å². The third-order valence-corrected chi connectivity index (χ3v) is 3.56. The molecule has 2 aromatic rings. The predicted octanol–water partition coefficient (Wildman–Crippen LogP) is 3.45. The lowest BCUT2D eigenvalue weighted by Gasteiger charge is -2.13. The molecule has 0 atom stereocenters. The molecule has 0 aliphatic carbocycles. The van der Waals surface area contributed by atoms with Crippen LogP contribution in [0.4, 0.5) is 0 Å². The van der Waals surface area contributed by atoms with Gasteiger partial charge in [0.15, 0.2) is 0 Å². The summed E-state index contributed by atoms with van der Waals surface area (Å²) in [6, 6.07) is 14.2. The molecule has 0 amide bonds. The van der Waals surface area contributed by atoms with Crippen molar-refractivity contribution in [2.24, 2.45) is 0 Å². The van der Waals surface area contributed by atoms with E-state index in [0.29, 0.717) is 23.7 Å². The van der Waals surface area contributed by atoms with Crippen LogP contribution in [-0.4, -0.2) is 31.4 Å². The van der Waals surface area contributed by atoms with E-state index in [9.17, 15) is 4.79 Å². The molecule has 6 nitrogen and oxygen atoms in total. The molecule has 0 spiro atoms. The van der Waals surface area contributed by atoms with E-state index in [1.54, 1.807) is 24.3 Å². The van der Waals surface area contributed by atoms with Gasteiger partial charge in [0.25, 0.3) is 0 Å². The Labute approximate surface area is 151 Å². The number of aliphatic carboxylic acids is 1. The second-order valence-electron chi connectivity index (χ2n) is 5.34. The van der Waals surface area contributed by atoms with Crippen LogP contribution in [0.3, 0.4) is 0 Å². The molecule has 0 aliphatic rings. The Bertz CT molecular complexity index is 852. The van der Waals surface area contributed by atoms with Crippen LogP contribution in [0, 0.1) is 18.3 Å². The molecule has 0 saturated heterocycles. The van der Waals surface area contributed by atoms with E-state index in [0.717, 1.165) is 11.3 Å². The molecular formula is C20H19NO5. The van der Waals surface area contributed by atoms with Crippen LogP contribution in [0.25, 0.3) is 6.08 Å². The molecule has 26 heavy (non-hydrogen) atoms. The van der Waals surface area contributed by atoms with Gasteiger partial charge in [-0.1, -0.05) is 18.2 Å². The fourth-order valence-electron chi connectivity index (χ4n) is 2.20. The SMILES string of the molecule is COc1ccc(C=C(C#N)C(=O)O)c(OCCOc2ccccc2C)c1.